The fraction of sp³-hybridized carbons (Fsp3) is 0.697. The highest BCUT2D eigenvalue weighted by Gasteiger charge is 2.81. The van der Waals surface area contributed by atoms with Crippen molar-refractivity contribution in [1.82, 2.24) is 5.16 Å². The standard InChI is InChI=1S/C33H45NO10/c1-18(2)19(3)14-27(36)43-25-17-24-29(5)10-9-22(42-28(37)23-16-26(41-7)34-44-23)15-21(29)8-11-32(24,39)33(40)13-12-31(38,20(4)35)30(25,33)6/h8,14,16,18,22,24-25,38-40H,9-13,15,17H2,1-7H3/b19-14+/t22-,24+,25+,29-,30+,31+,32-,33+/m0/s1. The molecule has 0 aromatic carbocycles. The van der Waals surface area contributed by atoms with E-state index in [2.05, 4.69) is 5.16 Å². The highest BCUT2D eigenvalue weighted by atomic mass is 16.6. The Bertz CT molecular complexity index is 1410. The van der Waals surface area contributed by atoms with Gasteiger partial charge in [-0.05, 0) is 75.8 Å². The number of carbonyl (C=O) groups excluding carboxylic acids is 3. The molecule has 1 aromatic heterocycles. The van der Waals surface area contributed by atoms with E-state index in [1.807, 2.05) is 33.8 Å². The van der Waals surface area contributed by atoms with Crippen LogP contribution in [-0.4, -0.2) is 74.3 Å². The fourth-order valence-electron chi connectivity index (χ4n) is 8.64. The zero-order valence-electron chi connectivity index (χ0n) is 26.6. The monoisotopic (exact) mass is 615 g/mol. The number of aliphatic hydroxyl groups is 3. The van der Waals surface area contributed by atoms with E-state index in [4.69, 9.17) is 18.7 Å². The van der Waals surface area contributed by atoms with E-state index < -0.39 is 63.5 Å². The summed E-state index contributed by atoms with van der Waals surface area (Å²) in [4.78, 5) is 39.0. The lowest BCUT2D eigenvalue weighted by molar-refractivity contribution is -0.314. The minimum absolute atomic E-state index is 0.0401. The van der Waals surface area contributed by atoms with Gasteiger partial charge in [0, 0.05) is 18.4 Å². The molecule has 3 saturated carbocycles. The summed E-state index contributed by atoms with van der Waals surface area (Å²) in [5.41, 5.74) is -6.20. The van der Waals surface area contributed by atoms with Crippen LogP contribution in [0.1, 0.15) is 97.0 Å². The summed E-state index contributed by atoms with van der Waals surface area (Å²) in [5.74, 6) is -2.20. The Labute approximate surface area is 257 Å². The third kappa shape index (κ3) is 4.48. The van der Waals surface area contributed by atoms with Gasteiger partial charge >= 0.3 is 11.9 Å². The molecule has 3 fully saturated rings. The largest absolute Gasteiger partial charge is 0.479 e. The summed E-state index contributed by atoms with van der Waals surface area (Å²) in [5, 5.41) is 40.7. The van der Waals surface area contributed by atoms with E-state index in [1.54, 1.807) is 6.92 Å². The maximum Gasteiger partial charge on any atom is 0.377 e. The molecule has 4 aliphatic carbocycles. The van der Waals surface area contributed by atoms with Crippen LogP contribution in [0.15, 0.2) is 33.9 Å². The Morgan fingerprint density at radius 1 is 1.09 bits per heavy atom. The molecular weight excluding hydrogens is 570 g/mol. The number of rotatable bonds is 7. The number of carbonyl (C=O) groups is 3. The first-order chi connectivity index (χ1) is 20.5. The average Bonchev–Trinajstić information content (AvgIpc) is 3.53. The van der Waals surface area contributed by atoms with Crippen molar-refractivity contribution in [2.24, 2.45) is 22.7 Å². The molecule has 5 rings (SSSR count). The predicted molar refractivity (Wildman–Crippen MR) is 156 cm³/mol. The molecule has 1 heterocycles. The third-order valence-corrected chi connectivity index (χ3v) is 11.8. The Morgan fingerprint density at radius 2 is 1.80 bits per heavy atom. The summed E-state index contributed by atoms with van der Waals surface area (Å²) < 4.78 is 21.8. The molecule has 0 saturated heterocycles. The SMILES string of the molecule is COc1cc(C(=O)O[C@H]2CC[C@@]3(C)C(=CC[C@]4(O)[C@@H]3C[C@@H](OC(=O)/C=C(\C)C(C)C)[C@@]3(C)[C@]4(O)CC[C@@]3(O)C(C)=O)C2)on1. The minimum atomic E-state index is -2.01. The Kier molecular flexibility index (Phi) is 7.95. The van der Waals surface area contributed by atoms with Crippen molar-refractivity contribution in [3.8, 4) is 5.88 Å². The van der Waals surface area contributed by atoms with Crippen LogP contribution >= 0.6 is 0 Å². The first-order valence-electron chi connectivity index (χ1n) is 15.4. The zero-order chi connectivity index (χ0) is 32.5. The van der Waals surface area contributed by atoms with E-state index in [0.717, 1.165) is 11.1 Å². The van der Waals surface area contributed by atoms with Crippen LogP contribution in [-0.2, 0) is 19.1 Å². The molecule has 8 atom stereocenters. The van der Waals surface area contributed by atoms with Gasteiger partial charge in [0.25, 0.3) is 5.88 Å². The molecule has 0 spiro atoms. The average molecular weight is 616 g/mol. The van der Waals surface area contributed by atoms with Crippen LogP contribution in [0.2, 0.25) is 0 Å². The summed E-state index contributed by atoms with van der Waals surface area (Å²) in [6.45, 7) is 10.6. The molecule has 242 valence electrons. The number of allylic oxidation sites excluding steroid dienone is 1. The van der Waals surface area contributed by atoms with Gasteiger partial charge in [-0.15, -0.1) is 0 Å². The van der Waals surface area contributed by atoms with Crippen molar-refractivity contribution in [1.29, 1.82) is 0 Å². The first-order valence-corrected chi connectivity index (χ1v) is 15.4. The molecular formula is C33H45NO10. The quantitative estimate of drug-likeness (QED) is 0.232. The Hall–Kier alpha value is -3.02. The van der Waals surface area contributed by atoms with Gasteiger partial charge in [-0.2, -0.15) is 0 Å². The lowest BCUT2D eigenvalue weighted by atomic mass is 9.42. The second-order valence-electron chi connectivity index (χ2n) is 14.0. The highest BCUT2D eigenvalue weighted by Crippen LogP contribution is 2.71. The second kappa shape index (κ2) is 10.8. The van der Waals surface area contributed by atoms with E-state index in [0.29, 0.717) is 19.3 Å². The van der Waals surface area contributed by atoms with Crippen LogP contribution in [0.25, 0.3) is 0 Å². The molecule has 0 aliphatic heterocycles. The van der Waals surface area contributed by atoms with Gasteiger partial charge in [-0.25, -0.2) is 9.59 Å². The van der Waals surface area contributed by atoms with Crippen LogP contribution in [0, 0.1) is 22.7 Å². The smallest absolute Gasteiger partial charge is 0.377 e. The van der Waals surface area contributed by atoms with Crippen LogP contribution in [0.5, 0.6) is 5.88 Å². The van der Waals surface area contributed by atoms with Crippen molar-refractivity contribution in [2.45, 2.75) is 115 Å². The van der Waals surface area contributed by atoms with Gasteiger partial charge in [0.15, 0.2) is 5.78 Å². The van der Waals surface area contributed by atoms with Gasteiger partial charge < -0.3 is 34.1 Å². The molecule has 44 heavy (non-hydrogen) atoms. The molecule has 0 unspecified atom stereocenters. The number of ketones is 1. The molecule has 3 N–H and O–H groups in total. The number of methoxy groups -OCH3 is 1. The summed E-state index contributed by atoms with van der Waals surface area (Å²) >= 11 is 0. The van der Waals surface area contributed by atoms with Crippen molar-refractivity contribution >= 4 is 17.7 Å². The first kappa shape index (κ1) is 32.4. The van der Waals surface area contributed by atoms with Crippen molar-refractivity contribution in [2.75, 3.05) is 7.11 Å². The number of nitrogens with zero attached hydrogens (tertiary/aromatic N) is 1. The van der Waals surface area contributed by atoms with Gasteiger partial charge in [-0.1, -0.05) is 38.0 Å². The summed E-state index contributed by atoms with van der Waals surface area (Å²) in [7, 11) is 1.41. The van der Waals surface area contributed by atoms with Gasteiger partial charge in [-0.3, -0.25) is 4.79 Å². The number of aromatic nitrogens is 1. The second-order valence-corrected chi connectivity index (χ2v) is 14.0. The fourth-order valence-corrected chi connectivity index (χ4v) is 8.64. The Morgan fingerprint density at radius 3 is 2.41 bits per heavy atom. The Balaban J connectivity index is 1.49. The molecule has 1 aromatic rings. The number of hydrogen-bond acceptors (Lipinski definition) is 11. The third-order valence-electron chi connectivity index (χ3n) is 11.8. The summed E-state index contributed by atoms with van der Waals surface area (Å²) in [6.07, 6.45) is 3.28. The molecule has 11 nitrogen and oxygen atoms in total. The minimum Gasteiger partial charge on any atom is -0.479 e. The van der Waals surface area contributed by atoms with Crippen molar-refractivity contribution in [3.63, 3.8) is 0 Å². The van der Waals surface area contributed by atoms with Gasteiger partial charge in [0.1, 0.15) is 29.0 Å². The predicted octanol–water partition coefficient (Wildman–Crippen LogP) is 3.85. The normalized spacial score (nSPS) is 39.9. The van der Waals surface area contributed by atoms with Crippen LogP contribution < -0.4 is 4.74 Å². The van der Waals surface area contributed by atoms with E-state index in [1.165, 1.54) is 26.2 Å². The lowest BCUT2D eigenvalue weighted by Crippen LogP contribution is -2.78. The highest BCUT2D eigenvalue weighted by molar-refractivity contribution is 5.88. The van der Waals surface area contributed by atoms with E-state index in [9.17, 15) is 29.7 Å². The number of hydrogen-bond donors (Lipinski definition) is 3. The van der Waals surface area contributed by atoms with Crippen molar-refractivity contribution in [3.05, 3.63) is 35.1 Å². The lowest BCUT2D eigenvalue weighted by Gasteiger charge is -2.67. The van der Waals surface area contributed by atoms with Gasteiger partial charge in [0.2, 0.25) is 5.76 Å². The molecule has 0 radical (unpaired) electrons. The maximum atomic E-state index is 13.2. The molecule has 0 amide bonds. The molecule has 4 aliphatic rings. The summed E-state index contributed by atoms with van der Waals surface area (Å²) in [6, 6.07) is 1.36. The number of esters is 2. The number of ether oxygens (including phenoxy) is 3. The van der Waals surface area contributed by atoms with E-state index >= 15 is 0 Å². The maximum absolute atomic E-state index is 13.2. The molecule has 11 heteroatoms. The topological polar surface area (TPSA) is 166 Å². The van der Waals surface area contributed by atoms with Crippen LogP contribution in [0.3, 0.4) is 0 Å². The van der Waals surface area contributed by atoms with Crippen molar-refractivity contribution < 1.29 is 48.4 Å². The molecule has 0 bridgehead atoms. The van der Waals surface area contributed by atoms with E-state index in [-0.39, 0.29) is 43.2 Å². The van der Waals surface area contributed by atoms with Gasteiger partial charge in [0.05, 0.1) is 18.6 Å². The van der Waals surface area contributed by atoms with Crippen LogP contribution in [0.4, 0.5) is 0 Å². The number of fused-ring (bicyclic) bond motifs is 5. The zero-order valence-corrected chi connectivity index (χ0v) is 26.6. The number of Topliss-reactive ketones (excluding diaryl/α,β-unsaturated/α-hetero) is 1.